The van der Waals surface area contributed by atoms with Crippen molar-refractivity contribution in [1.82, 2.24) is 19.9 Å². The van der Waals surface area contributed by atoms with Gasteiger partial charge in [-0.3, -0.25) is 0 Å². The van der Waals surface area contributed by atoms with E-state index in [2.05, 4.69) is 204 Å². The van der Waals surface area contributed by atoms with E-state index in [-0.39, 0.29) is 0 Å². The van der Waals surface area contributed by atoms with Crippen molar-refractivity contribution in [1.29, 1.82) is 0 Å². The minimum Gasteiger partial charge on any atom is -0.353 e. The molecule has 4 nitrogen and oxygen atoms in total. The molecular weight excluding hydrogens is 1110 g/mol. The van der Waals surface area contributed by atoms with Crippen LogP contribution in [0.4, 0.5) is 0 Å². The highest BCUT2D eigenvalue weighted by molar-refractivity contribution is 6.33. The number of nitrogens with zero attached hydrogens (tertiary/aromatic N) is 2. The van der Waals surface area contributed by atoms with Crippen LogP contribution in [0.2, 0.25) is 20.1 Å². The summed E-state index contributed by atoms with van der Waals surface area (Å²) >= 11 is 28.7. The van der Waals surface area contributed by atoms with Crippen LogP contribution in [0.1, 0.15) is 0 Å². The molecule has 0 unspecified atom stereocenters. The van der Waals surface area contributed by atoms with Gasteiger partial charge in [-0.05, 0) is 162 Å². The third-order valence-electron chi connectivity index (χ3n) is 17.0. The summed E-state index contributed by atoms with van der Waals surface area (Å²) in [5.41, 5.74) is 17.6. The lowest BCUT2D eigenvalue weighted by Gasteiger charge is -2.11. The van der Waals surface area contributed by atoms with Crippen LogP contribution in [-0.4, -0.2) is 19.9 Å². The zero-order valence-electron chi connectivity index (χ0n) is 44.5. The SMILES string of the molecule is Clc1cccc(-c2c3nc(c(-c4cccc(Cl)c4)c4[nH]c(c(-c5cccc(Cl)c5)c5nc(c(-c6cccc(Cl)c6)c6[nH]c2c2cc7ccccc7cc62)-c2cc6ccccc6cc2-5)c2cc5ccccc5cc42)-c2cc4ccccc4cc2-3)c1. The van der Waals surface area contributed by atoms with Crippen LogP contribution in [0, 0.1) is 0 Å². The number of aromatic nitrogens is 4. The number of nitrogens with one attached hydrogen (secondary N) is 2. The van der Waals surface area contributed by atoms with E-state index in [0.717, 1.165) is 176 Å². The summed E-state index contributed by atoms with van der Waals surface area (Å²) in [7, 11) is 0. The maximum Gasteiger partial charge on any atom is 0.0816 e. The summed E-state index contributed by atoms with van der Waals surface area (Å²) in [5, 5.41) is 15.1. The number of aromatic amines is 2. The second-order valence-corrected chi connectivity index (χ2v) is 23.6. The molecule has 8 heteroatoms. The Labute approximate surface area is 501 Å². The van der Waals surface area contributed by atoms with E-state index < -0.39 is 0 Å². The zero-order valence-corrected chi connectivity index (χ0v) is 47.5. The fourth-order valence-electron chi connectivity index (χ4n) is 13.3. The van der Waals surface area contributed by atoms with Gasteiger partial charge in [-0.1, -0.05) is 192 Å². The maximum atomic E-state index is 7.17. The van der Waals surface area contributed by atoms with Gasteiger partial charge in [0.1, 0.15) is 0 Å². The van der Waals surface area contributed by atoms with Gasteiger partial charge in [-0.25, -0.2) is 9.97 Å². The van der Waals surface area contributed by atoms with Crippen LogP contribution in [-0.2, 0) is 0 Å². The lowest BCUT2D eigenvalue weighted by Crippen LogP contribution is -1.88. The Bertz CT molecular complexity index is 4900. The Morgan fingerprint density at radius 1 is 0.226 bits per heavy atom. The van der Waals surface area contributed by atoms with Crippen molar-refractivity contribution < 1.29 is 0 Å². The van der Waals surface area contributed by atoms with Crippen LogP contribution in [0.15, 0.2) is 243 Å². The monoisotopic (exact) mass is 1150 g/mol. The minimum absolute atomic E-state index is 0.601. The molecule has 0 radical (unpaired) electrons. The van der Waals surface area contributed by atoms with Gasteiger partial charge in [0.2, 0.25) is 0 Å². The molecule has 14 aromatic rings. The molecule has 17 rings (SSSR count). The van der Waals surface area contributed by atoms with E-state index in [9.17, 15) is 0 Å². The van der Waals surface area contributed by atoms with Gasteiger partial charge in [-0.2, -0.15) is 0 Å². The first-order chi connectivity index (χ1) is 41.2. The van der Waals surface area contributed by atoms with Gasteiger partial charge < -0.3 is 9.97 Å². The first-order valence-corrected chi connectivity index (χ1v) is 29.4. The van der Waals surface area contributed by atoms with Crippen molar-refractivity contribution in [3.63, 3.8) is 0 Å². The van der Waals surface area contributed by atoms with E-state index in [1.807, 2.05) is 48.5 Å². The molecule has 8 bridgehead atoms. The lowest BCUT2D eigenvalue weighted by atomic mass is 9.91. The van der Waals surface area contributed by atoms with Gasteiger partial charge in [-0.15, -0.1) is 0 Å². The highest BCUT2D eigenvalue weighted by Crippen LogP contribution is 2.54. The fourth-order valence-corrected chi connectivity index (χ4v) is 14.0. The third-order valence-corrected chi connectivity index (χ3v) is 17.9. The molecule has 0 atom stereocenters. The Morgan fingerprint density at radius 3 is 0.655 bits per heavy atom. The minimum atomic E-state index is 0.601. The summed E-state index contributed by atoms with van der Waals surface area (Å²) in [6.45, 7) is 0. The number of hydrogen-bond acceptors (Lipinski definition) is 2. The van der Waals surface area contributed by atoms with Gasteiger partial charge in [0.15, 0.2) is 0 Å². The summed E-state index contributed by atoms with van der Waals surface area (Å²) in [6.07, 6.45) is 0. The Balaban J connectivity index is 1.24. The van der Waals surface area contributed by atoms with Gasteiger partial charge in [0.05, 0.1) is 44.8 Å². The van der Waals surface area contributed by atoms with E-state index in [1.54, 1.807) is 0 Å². The average molecular weight is 1150 g/mol. The topological polar surface area (TPSA) is 57.4 Å². The predicted molar refractivity (Wildman–Crippen MR) is 357 cm³/mol. The second kappa shape index (κ2) is 19.0. The summed E-state index contributed by atoms with van der Waals surface area (Å²) in [4.78, 5) is 20.7. The number of H-pyrrole nitrogens is 2. The van der Waals surface area contributed by atoms with E-state index in [1.165, 1.54) is 0 Å². The average Bonchev–Trinajstić information content (AvgIpc) is 2.53. The van der Waals surface area contributed by atoms with Crippen molar-refractivity contribution in [2.45, 2.75) is 0 Å². The molecule has 0 fully saturated rings. The molecule has 2 N–H and O–H groups in total. The molecule has 0 spiro atoms. The third kappa shape index (κ3) is 7.76. The highest BCUT2D eigenvalue weighted by Gasteiger charge is 2.31. The number of rotatable bonds is 4. The number of halogens is 4. The molecule has 0 amide bonds. The van der Waals surface area contributed by atoms with Gasteiger partial charge in [0.25, 0.3) is 0 Å². The van der Waals surface area contributed by atoms with Crippen LogP contribution in [0.5, 0.6) is 0 Å². The molecular formula is C76H42Cl4N4. The van der Waals surface area contributed by atoms with Crippen molar-refractivity contribution in [3.05, 3.63) is 263 Å². The molecule has 3 aliphatic rings. The molecule has 2 aromatic heterocycles. The second-order valence-electron chi connectivity index (χ2n) is 21.9. The Morgan fingerprint density at radius 2 is 0.440 bits per heavy atom. The largest absolute Gasteiger partial charge is 0.353 e. The highest BCUT2D eigenvalue weighted by atomic mass is 35.5. The van der Waals surface area contributed by atoms with E-state index >= 15 is 0 Å². The van der Waals surface area contributed by atoms with Crippen molar-refractivity contribution in [3.8, 4) is 89.5 Å². The summed E-state index contributed by atoms with van der Waals surface area (Å²) in [6, 6.07) is 85.3. The van der Waals surface area contributed by atoms with Gasteiger partial charge >= 0.3 is 0 Å². The quantitative estimate of drug-likeness (QED) is 0.184. The van der Waals surface area contributed by atoms with Crippen LogP contribution in [0.25, 0.3) is 176 Å². The number of benzene rings is 12. The lowest BCUT2D eigenvalue weighted by molar-refractivity contribution is 1.39. The molecule has 1 aliphatic carbocycles. The van der Waals surface area contributed by atoms with E-state index in [4.69, 9.17) is 56.4 Å². The maximum absolute atomic E-state index is 7.17. The van der Waals surface area contributed by atoms with Crippen LogP contribution < -0.4 is 0 Å². The zero-order chi connectivity index (χ0) is 55.9. The normalized spacial score (nSPS) is 12.0. The predicted octanol–water partition coefficient (Wildman–Crippen LogP) is 23.2. The van der Waals surface area contributed by atoms with Crippen molar-refractivity contribution >= 4 is 133 Å². The number of hydrogen-bond donors (Lipinski definition) is 2. The van der Waals surface area contributed by atoms with Gasteiger partial charge in [0, 0.05) is 86.1 Å². The Hall–Kier alpha value is -9.52. The fraction of sp³-hybridized carbons (Fsp3) is 0. The summed E-state index contributed by atoms with van der Waals surface area (Å²) < 4.78 is 0. The molecule has 2 aliphatic heterocycles. The standard InChI is InChI=1S/C76H42Cl4N4/c77-53-25-9-21-49(29-53)65-69-57-33-41-13-1-2-14-42(41)34-58(57)70(81-69)66(50-22-10-26-54(78)30-50)72-61-37-45-17-5-6-18-46(45)38-62(61)74(83-72)68(52-24-12-28-56(80)32-52)76-64-40-48-20-8-7-19-47(48)39-63(64)75(84-76)67(51-23-11-27-55(79)31-51)73-60-36-44-16-4-3-15-43(44)35-59(60)71(65)82-73/h1-40,81,84H. The first kappa shape index (κ1) is 49.1. The Kier molecular flexibility index (Phi) is 11.1. The molecule has 0 saturated carbocycles. The molecule has 12 aromatic carbocycles. The molecule has 84 heavy (non-hydrogen) atoms. The molecule has 394 valence electrons. The van der Waals surface area contributed by atoms with E-state index in [0.29, 0.717) is 20.1 Å². The van der Waals surface area contributed by atoms with Crippen molar-refractivity contribution in [2.75, 3.05) is 0 Å². The smallest absolute Gasteiger partial charge is 0.0816 e. The summed E-state index contributed by atoms with van der Waals surface area (Å²) in [5.74, 6) is 0. The van der Waals surface area contributed by atoms with Crippen LogP contribution >= 0.6 is 46.4 Å². The number of fused-ring (bicyclic) bond motifs is 4. The van der Waals surface area contributed by atoms with Crippen LogP contribution in [0.3, 0.4) is 0 Å². The first-order valence-electron chi connectivity index (χ1n) is 27.9. The molecule has 4 heterocycles. The van der Waals surface area contributed by atoms with Crippen molar-refractivity contribution in [2.24, 2.45) is 0 Å². The molecule has 0 saturated heterocycles.